The van der Waals surface area contributed by atoms with Gasteiger partial charge in [-0.25, -0.2) is 9.55 Å². The molecule has 1 atom stereocenters. The number of rotatable bonds is 7. The Kier molecular flexibility index (Phi) is 5.70. The van der Waals surface area contributed by atoms with E-state index in [1.54, 1.807) is 11.7 Å². The van der Waals surface area contributed by atoms with Crippen LogP contribution in [0.5, 0.6) is 5.75 Å². The van der Waals surface area contributed by atoms with E-state index in [0.717, 1.165) is 28.6 Å². The van der Waals surface area contributed by atoms with E-state index in [2.05, 4.69) is 41.5 Å². The first-order chi connectivity index (χ1) is 14.6. The van der Waals surface area contributed by atoms with Crippen LogP contribution in [0.3, 0.4) is 0 Å². The first-order valence-electron chi connectivity index (χ1n) is 10.4. The van der Waals surface area contributed by atoms with Crippen LogP contribution in [-0.2, 0) is 0 Å². The highest BCUT2D eigenvalue weighted by atomic mass is 16.5. The maximum atomic E-state index is 12.7. The van der Waals surface area contributed by atoms with Gasteiger partial charge < -0.3 is 10.1 Å². The van der Waals surface area contributed by atoms with Crippen LogP contribution >= 0.6 is 0 Å². The number of fused-ring (bicyclic) bond motifs is 2. The Hall–Kier alpha value is -3.34. The van der Waals surface area contributed by atoms with Gasteiger partial charge in [0.05, 0.1) is 18.1 Å². The molecule has 1 heterocycles. The number of aromatic nitrogens is 2. The lowest BCUT2D eigenvalue weighted by atomic mass is 9.97. The molecule has 0 radical (unpaired) electrons. The molecule has 0 aliphatic heterocycles. The molecule has 0 aliphatic carbocycles. The molecule has 154 valence electrons. The number of hydrogen-bond acceptors (Lipinski definition) is 4. The third-order valence-corrected chi connectivity index (χ3v) is 5.48. The zero-order chi connectivity index (χ0) is 21.1. The summed E-state index contributed by atoms with van der Waals surface area (Å²) in [6, 6.07) is 20.4. The van der Waals surface area contributed by atoms with Crippen LogP contribution in [0.4, 0.5) is 5.95 Å². The largest absolute Gasteiger partial charge is 0.497 e. The topological polar surface area (TPSA) is 56.2 Å². The van der Waals surface area contributed by atoms with Gasteiger partial charge in [0.1, 0.15) is 5.75 Å². The first kappa shape index (κ1) is 20.0. The molecular weight excluding hydrogens is 374 g/mol. The van der Waals surface area contributed by atoms with Gasteiger partial charge in [-0.05, 0) is 52.9 Å². The maximum Gasteiger partial charge on any atom is 0.233 e. The highest BCUT2D eigenvalue weighted by Gasteiger charge is 2.17. The number of nitrogens with one attached hydrogen (secondary N) is 1. The molecule has 1 N–H and O–H groups in total. The van der Waals surface area contributed by atoms with E-state index in [0.29, 0.717) is 18.9 Å². The predicted molar refractivity (Wildman–Crippen MR) is 123 cm³/mol. The van der Waals surface area contributed by atoms with Gasteiger partial charge in [-0.1, -0.05) is 50.2 Å². The second-order valence-corrected chi connectivity index (χ2v) is 7.66. The molecule has 0 bridgehead atoms. The third kappa shape index (κ3) is 3.88. The molecule has 3 aromatic carbocycles. The SMILES string of the molecule is CCCC(=O)n1c(NC[C@@H](C)c2ccc3cc(OC)ccc3c2)nc2ccccc21. The van der Waals surface area contributed by atoms with Crippen molar-refractivity contribution in [2.75, 3.05) is 19.0 Å². The minimum atomic E-state index is 0.0704. The van der Waals surface area contributed by atoms with Crippen molar-refractivity contribution < 1.29 is 9.53 Å². The fourth-order valence-electron chi connectivity index (χ4n) is 3.76. The smallest absolute Gasteiger partial charge is 0.233 e. The number of hydrogen-bond donors (Lipinski definition) is 1. The Balaban J connectivity index is 1.57. The standard InChI is InChI=1S/C25H27N3O2/c1-4-7-24(29)28-23-9-6-5-8-22(23)27-25(28)26-16-17(2)18-10-11-20-15-21(30-3)13-12-19(20)14-18/h5-6,8-15,17H,4,7,16H2,1-3H3,(H,26,27)/t17-/m1/s1. The monoisotopic (exact) mass is 401 g/mol. The lowest BCUT2D eigenvalue weighted by Crippen LogP contribution is -2.17. The van der Waals surface area contributed by atoms with E-state index in [4.69, 9.17) is 4.74 Å². The molecule has 0 spiro atoms. The summed E-state index contributed by atoms with van der Waals surface area (Å²) in [5.41, 5.74) is 2.92. The molecule has 5 nitrogen and oxygen atoms in total. The van der Waals surface area contributed by atoms with E-state index >= 15 is 0 Å². The summed E-state index contributed by atoms with van der Waals surface area (Å²) in [6.45, 7) is 4.88. The quantitative estimate of drug-likeness (QED) is 0.422. The highest BCUT2D eigenvalue weighted by molar-refractivity contribution is 5.93. The van der Waals surface area contributed by atoms with Crippen LogP contribution in [-0.4, -0.2) is 29.1 Å². The summed E-state index contributed by atoms with van der Waals surface area (Å²) in [6.07, 6.45) is 1.31. The number of carbonyl (C=O) groups excluding carboxylic acids is 1. The van der Waals surface area contributed by atoms with Crippen LogP contribution in [0, 0.1) is 0 Å². The maximum absolute atomic E-state index is 12.7. The van der Waals surface area contributed by atoms with E-state index in [1.807, 2.05) is 43.3 Å². The second-order valence-electron chi connectivity index (χ2n) is 7.66. The number of methoxy groups -OCH3 is 1. The van der Waals surface area contributed by atoms with Crippen molar-refractivity contribution in [1.29, 1.82) is 0 Å². The van der Waals surface area contributed by atoms with Gasteiger partial charge >= 0.3 is 0 Å². The first-order valence-corrected chi connectivity index (χ1v) is 10.4. The van der Waals surface area contributed by atoms with Crippen molar-refractivity contribution in [3.63, 3.8) is 0 Å². The number of ether oxygens (including phenoxy) is 1. The van der Waals surface area contributed by atoms with E-state index in [1.165, 1.54) is 10.9 Å². The minimum absolute atomic E-state index is 0.0704. The Bertz CT molecular complexity index is 1200. The fourth-order valence-corrected chi connectivity index (χ4v) is 3.76. The zero-order valence-electron chi connectivity index (χ0n) is 17.7. The molecule has 1 aromatic heterocycles. The van der Waals surface area contributed by atoms with Crippen LogP contribution in [0.15, 0.2) is 60.7 Å². The molecule has 4 rings (SSSR count). The van der Waals surface area contributed by atoms with Crippen molar-refractivity contribution in [3.8, 4) is 5.75 Å². The van der Waals surface area contributed by atoms with E-state index in [9.17, 15) is 4.79 Å². The van der Waals surface area contributed by atoms with E-state index < -0.39 is 0 Å². The van der Waals surface area contributed by atoms with Crippen molar-refractivity contribution in [2.45, 2.75) is 32.6 Å². The number of anilines is 1. The van der Waals surface area contributed by atoms with Gasteiger partial charge in [-0.2, -0.15) is 0 Å². The van der Waals surface area contributed by atoms with Gasteiger partial charge in [-0.3, -0.25) is 4.79 Å². The molecule has 0 amide bonds. The lowest BCUT2D eigenvalue weighted by molar-refractivity contribution is 0.0909. The average molecular weight is 402 g/mol. The van der Waals surface area contributed by atoms with Crippen molar-refractivity contribution in [1.82, 2.24) is 9.55 Å². The van der Waals surface area contributed by atoms with Crippen molar-refractivity contribution in [2.24, 2.45) is 0 Å². The number of imidazole rings is 1. The molecule has 0 saturated carbocycles. The van der Waals surface area contributed by atoms with Crippen LogP contribution < -0.4 is 10.1 Å². The molecule has 0 fully saturated rings. The van der Waals surface area contributed by atoms with Crippen LogP contribution in [0.25, 0.3) is 21.8 Å². The Morgan fingerprint density at radius 2 is 1.87 bits per heavy atom. The average Bonchev–Trinajstić information content (AvgIpc) is 3.15. The van der Waals surface area contributed by atoms with E-state index in [-0.39, 0.29) is 11.8 Å². The molecule has 0 saturated heterocycles. The van der Waals surface area contributed by atoms with Crippen LogP contribution in [0.1, 0.15) is 43.0 Å². The molecule has 0 unspecified atom stereocenters. The van der Waals surface area contributed by atoms with Gasteiger partial charge in [0.15, 0.2) is 0 Å². The molecule has 5 heteroatoms. The second kappa shape index (κ2) is 8.57. The number of carbonyl (C=O) groups is 1. The minimum Gasteiger partial charge on any atom is -0.497 e. The predicted octanol–water partition coefficient (Wildman–Crippen LogP) is 5.85. The zero-order valence-corrected chi connectivity index (χ0v) is 17.7. The lowest BCUT2D eigenvalue weighted by Gasteiger charge is -2.15. The van der Waals surface area contributed by atoms with Gasteiger partial charge in [-0.15, -0.1) is 0 Å². The Labute approximate surface area is 176 Å². The summed E-state index contributed by atoms with van der Waals surface area (Å²) < 4.78 is 7.03. The molecule has 0 aliphatic rings. The number of benzene rings is 3. The third-order valence-electron chi connectivity index (χ3n) is 5.48. The number of para-hydroxylation sites is 2. The summed E-state index contributed by atoms with van der Waals surface area (Å²) in [4.78, 5) is 17.4. The Morgan fingerprint density at radius 3 is 2.67 bits per heavy atom. The van der Waals surface area contributed by atoms with Crippen LogP contribution in [0.2, 0.25) is 0 Å². The Morgan fingerprint density at radius 1 is 1.10 bits per heavy atom. The van der Waals surface area contributed by atoms with Gasteiger partial charge in [0.2, 0.25) is 11.9 Å². The van der Waals surface area contributed by atoms with Crippen molar-refractivity contribution in [3.05, 3.63) is 66.2 Å². The summed E-state index contributed by atoms with van der Waals surface area (Å²) in [7, 11) is 1.68. The molecular formula is C25H27N3O2. The summed E-state index contributed by atoms with van der Waals surface area (Å²) in [5, 5.41) is 5.76. The summed E-state index contributed by atoms with van der Waals surface area (Å²) >= 11 is 0. The summed E-state index contributed by atoms with van der Waals surface area (Å²) in [5.74, 6) is 1.81. The van der Waals surface area contributed by atoms with Gasteiger partial charge in [0, 0.05) is 13.0 Å². The highest BCUT2D eigenvalue weighted by Crippen LogP contribution is 2.26. The molecule has 30 heavy (non-hydrogen) atoms. The van der Waals surface area contributed by atoms with Crippen molar-refractivity contribution >= 4 is 33.7 Å². The fraction of sp³-hybridized carbons (Fsp3) is 0.280. The van der Waals surface area contributed by atoms with Gasteiger partial charge in [0.25, 0.3) is 0 Å². The number of nitrogens with zero attached hydrogens (tertiary/aromatic N) is 2. The normalized spacial score (nSPS) is 12.2. The molecule has 4 aromatic rings.